The van der Waals surface area contributed by atoms with Crippen LogP contribution < -0.4 is 14.8 Å². The van der Waals surface area contributed by atoms with E-state index >= 15 is 0 Å². The topological polar surface area (TPSA) is 65.4 Å². The van der Waals surface area contributed by atoms with Crippen LogP contribution in [0.4, 0.5) is 0 Å². The lowest BCUT2D eigenvalue weighted by Gasteiger charge is -2.15. The Hall–Kier alpha value is -3.54. The van der Waals surface area contributed by atoms with Gasteiger partial charge in [0.2, 0.25) is 6.79 Å². The monoisotopic (exact) mass is 401 g/mol. The van der Waals surface area contributed by atoms with E-state index < -0.39 is 0 Å². The van der Waals surface area contributed by atoms with Crippen LogP contribution in [0.15, 0.2) is 60.7 Å². The van der Waals surface area contributed by atoms with Gasteiger partial charge in [-0.2, -0.15) is 5.10 Å². The third-order valence-electron chi connectivity index (χ3n) is 5.75. The Bertz CT molecular complexity index is 1130. The summed E-state index contributed by atoms with van der Waals surface area (Å²) in [6.45, 7) is 4.35. The molecule has 152 valence electrons. The van der Waals surface area contributed by atoms with Gasteiger partial charge in [-0.05, 0) is 50.6 Å². The van der Waals surface area contributed by atoms with E-state index in [9.17, 15) is 4.79 Å². The van der Waals surface area contributed by atoms with Gasteiger partial charge in [-0.1, -0.05) is 30.4 Å². The molecule has 1 aliphatic heterocycles. The highest BCUT2D eigenvalue weighted by Crippen LogP contribution is 2.35. The van der Waals surface area contributed by atoms with Gasteiger partial charge < -0.3 is 14.8 Å². The Morgan fingerprint density at radius 2 is 1.87 bits per heavy atom. The van der Waals surface area contributed by atoms with Gasteiger partial charge in [0.05, 0.1) is 11.4 Å². The van der Waals surface area contributed by atoms with E-state index in [4.69, 9.17) is 14.6 Å². The van der Waals surface area contributed by atoms with Gasteiger partial charge in [0, 0.05) is 28.8 Å². The fraction of sp³-hybridized carbons (Fsp3) is 0.250. The smallest absolute Gasteiger partial charge is 0.251 e. The van der Waals surface area contributed by atoms with Crippen LogP contribution in [0.2, 0.25) is 0 Å². The van der Waals surface area contributed by atoms with Crippen LogP contribution in [0, 0.1) is 13.8 Å². The van der Waals surface area contributed by atoms with Crippen molar-refractivity contribution >= 4 is 5.91 Å². The normalized spacial score (nSPS) is 19.3. The molecule has 3 aromatic rings. The SMILES string of the molecule is Cc1nn(-c2ccccc2)c(C)c1C1C=CC(NC(=O)c2ccc3c(c2)OCO3)C1. The number of carbonyl (C=O) groups is 1. The molecule has 2 heterocycles. The Labute approximate surface area is 175 Å². The molecular weight excluding hydrogens is 378 g/mol. The molecule has 0 spiro atoms. The molecule has 2 unspecified atom stereocenters. The highest BCUT2D eigenvalue weighted by atomic mass is 16.7. The van der Waals surface area contributed by atoms with Crippen molar-refractivity contribution in [1.82, 2.24) is 15.1 Å². The number of fused-ring (bicyclic) bond motifs is 1. The molecule has 0 fully saturated rings. The second-order valence-corrected chi connectivity index (χ2v) is 7.71. The third kappa shape index (κ3) is 3.24. The van der Waals surface area contributed by atoms with E-state index in [2.05, 4.69) is 36.5 Å². The number of amides is 1. The first-order valence-electron chi connectivity index (χ1n) is 10.1. The highest BCUT2D eigenvalue weighted by molar-refractivity contribution is 5.95. The number of hydrogen-bond donors (Lipinski definition) is 1. The van der Waals surface area contributed by atoms with Crippen molar-refractivity contribution in [2.24, 2.45) is 0 Å². The number of para-hydroxylation sites is 1. The fourth-order valence-corrected chi connectivity index (χ4v) is 4.32. The lowest BCUT2D eigenvalue weighted by atomic mass is 9.96. The van der Waals surface area contributed by atoms with Gasteiger partial charge >= 0.3 is 0 Å². The zero-order chi connectivity index (χ0) is 20.7. The van der Waals surface area contributed by atoms with E-state index in [0.29, 0.717) is 17.1 Å². The molecule has 0 radical (unpaired) electrons. The van der Waals surface area contributed by atoms with E-state index in [0.717, 1.165) is 23.5 Å². The number of aryl methyl sites for hydroxylation is 1. The molecule has 2 aliphatic rings. The van der Waals surface area contributed by atoms with E-state index in [1.807, 2.05) is 29.8 Å². The van der Waals surface area contributed by atoms with Gasteiger partial charge in [-0.25, -0.2) is 4.68 Å². The standard InChI is InChI=1S/C24H23N3O3/c1-15-23(16(2)27(26-15)20-6-4-3-5-7-20)17-8-10-19(12-17)25-24(28)18-9-11-21-22(13-18)30-14-29-21/h3-11,13,17,19H,12,14H2,1-2H3,(H,25,28). The summed E-state index contributed by atoms with van der Waals surface area (Å²) in [5.41, 5.74) is 5.01. The van der Waals surface area contributed by atoms with Crippen molar-refractivity contribution in [3.8, 4) is 17.2 Å². The minimum Gasteiger partial charge on any atom is -0.454 e. The van der Waals surface area contributed by atoms with Crippen molar-refractivity contribution in [1.29, 1.82) is 0 Å². The largest absolute Gasteiger partial charge is 0.454 e. The molecular formula is C24H23N3O3. The van der Waals surface area contributed by atoms with Crippen LogP contribution in [0.1, 0.15) is 39.6 Å². The summed E-state index contributed by atoms with van der Waals surface area (Å²) in [5, 5.41) is 7.88. The average Bonchev–Trinajstić information content (AvgIpc) is 3.47. The number of hydrogen-bond acceptors (Lipinski definition) is 4. The maximum Gasteiger partial charge on any atom is 0.251 e. The van der Waals surface area contributed by atoms with Crippen LogP contribution in [0.25, 0.3) is 5.69 Å². The van der Waals surface area contributed by atoms with Crippen LogP contribution >= 0.6 is 0 Å². The predicted octanol–water partition coefficient (Wildman–Crippen LogP) is 4.06. The number of nitrogens with one attached hydrogen (secondary N) is 1. The van der Waals surface area contributed by atoms with E-state index in [1.54, 1.807) is 18.2 Å². The maximum atomic E-state index is 12.7. The van der Waals surface area contributed by atoms with Crippen molar-refractivity contribution in [2.75, 3.05) is 6.79 Å². The molecule has 0 saturated heterocycles. The molecule has 6 heteroatoms. The lowest BCUT2D eigenvalue weighted by Crippen LogP contribution is -2.32. The van der Waals surface area contributed by atoms with E-state index in [1.165, 1.54) is 5.56 Å². The van der Waals surface area contributed by atoms with Crippen molar-refractivity contribution in [2.45, 2.75) is 32.2 Å². The summed E-state index contributed by atoms with van der Waals surface area (Å²) in [4.78, 5) is 12.7. The molecule has 1 aromatic heterocycles. The van der Waals surface area contributed by atoms with Gasteiger partial charge in [-0.3, -0.25) is 4.79 Å². The second kappa shape index (κ2) is 7.37. The summed E-state index contributed by atoms with van der Waals surface area (Å²) in [6, 6.07) is 15.4. The zero-order valence-electron chi connectivity index (χ0n) is 17.0. The van der Waals surface area contributed by atoms with Crippen molar-refractivity contribution in [3.05, 3.63) is 83.2 Å². The van der Waals surface area contributed by atoms with Gasteiger partial charge in [0.15, 0.2) is 11.5 Å². The molecule has 30 heavy (non-hydrogen) atoms. The molecule has 0 saturated carbocycles. The molecule has 1 N–H and O–H groups in total. The lowest BCUT2D eigenvalue weighted by molar-refractivity contribution is 0.0943. The number of carbonyl (C=O) groups excluding carboxylic acids is 1. The first-order chi connectivity index (χ1) is 14.6. The molecule has 1 amide bonds. The summed E-state index contributed by atoms with van der Waals surface area (Å²) in [7, 11) is 0. The maximum absolute atomic E-state index is 12.7. The first-order valence-corrected chi connectivity index (χ1v) is 10.1. The quantitative estimate of drug-likeness (QED) is 0.670. The highest BCUT2D eigenvalue weighted by Gasteiger charge is 2.27. The molecule has 2 aromatic carbocycles. The second-order valence-electron chi connectivity index (χ2n) is 7.71. The Morgan fingerprint density at radius 1 is 1.07 bits per heavy atom. The zero-order valence-corrected chi connectivity index (χ0v) is 17.0. The Balaban J connectivity index is 1.30. The van der Waals surface area contributed by atoms with Gasteiger partial charge in [0.25, 0.3) is 5.91 Å². The van der Waals surface area contributed by atoms with Crippen LogP contribution in [0.3, 0.4) is 0 Å². The number of ether oxygens (including phenoxy) is 2. The van der Waals surface area contributed by atoms with Crippen molar-refractivity contribution in [3.63, 3.8) is 0 Å². The Morgan fingerprint density at radius 3 is 2.70 bits per heavy atom. The molecule has 1 aliphatic carbocycles. The minimum atomic E-state index is -0.114. The molecule has 2 atom stereocenters. The van der Waals surface area contributed by atoms with Gasteiger partial charge in [-0.15, -0.1) is 0 Å². The number of benzene rings is 2. The summed E-state index contributed by atoms with van der Waals surface area (Å²) >= 11 is 0. The van der Waals surface area contributed by atoms with Crippen molar-refractivity contribution < 1.29 is 14.3 Å². The number of aromatic nitrogens is 2. The van der Waals surface area contributed by atoms with Crippen LogP contribution in [-0.2, 0) is 0 Å². The summed E-state index contributed by atoms with van der Waals surface area (Å²) in [5.74, 6) is 1.40. The van der Waals surface area contributed by atoms with Crippen LogP contribution in [-0.4, -0.2) is 28.5 Å². The molecule has 5 rings (SSSR count). The van der Waals surface area contributed by atoms with E-state index in [-0.39, 0.29) is 24.7 Å². The number of rotatable bonds is 4. The predicted molar refractivity (Wildman–Crippen MR) is 113 cm³/mol. The van der Waals surface area contributed by atoms with Crippen LogP contribution in [0.5, 0.6) is 11.5 Å². The summed E-state index contributed by atoms with van der Waals surface area (Å²) < 4.78 is 12.7. The fourth-order valence-electron chi connectivity index (χ4n) is 4.32. The first kappa shape index (κ1) is 18.5. The minimum absolute atomic E-state index is 0.0215. The Kier molecular flexibility index (Phi) is 4.54. The summed E-state index contributed by atoms with van der Waals surface area (Å²) in [6.07, 6.45) is 5.07. The van der Waals surface area contributed by atoms with Gasteiger partial charge in [0.1, 0.15) is 0 Å². The number of nitrogens with zero attached hydrogens (tertiary/aromatic N) is 2. The molecule has 0 bridgehead atoms. The molecule has 6 nitrogen and oxygen atoms in total. The third-order valence-corrected chi connectivity index (χ3v) is 5.75. The average molecular weight is 401 g/mol. The number of allylic oxidation sites excluding steroid dienone is 1.